The predicted octanol–water partition coefficient (Wildman–Crippen LogP) is 3.03. The van der Waals surface area contributed by atoms with E-state index in [9.17, 15) is 29.1 Å². The van der Waals surface area contributed by atoms with Crippen LogP contribution in [0.15, 0.2) is 54.6 Å². The molecular weight excluding hydrogens is 618 g/mol. The van der Waals surface area contributed by atoms with E-state index in [-0.39, 0.29) is 25.4 Å². The average Bonchev–Trinajstić information content (AvgIpc) is 3.57. The molecule has 48 heavy (non-hydrogen) atoms. The van der Waals surface area contributed by atoms with E-state index in [0.717, 1.165) is 11.1 Å². The van der Waals surface area contributed by atoms with Crippen molar-refractivity contribution in [2.75, 3.05) is 20.7 Å². The Bertz CT molecular complexity index is 1380. The second-order valence-electron chi connectivity index (χ2n) is 12.6. The van der Waals surface area contributed by atoms with Crippen molar-refractivity contribution < 1.29 is 43.3 Å². The number of aliphatic hydroxyl groups excluding tert-OH is 1. The first kappa shape index (κ1) is 38.0. The van der Waals surface area contributed by atoms with E-state index >= 15 is 0 Å². The van der Waals surface area contributed by atoms with Crippen LogP contribution in [0.25, 0.3) is 0 Å². The average molecular weight is 668 g/mol. The standard InChI is InChI=1S/C36H49N3O9/c1-23(2)21-30(38(5)35(44)29-13-10-20-39(29)34(43)24(3)40)33(42)37-32(36(45)47-22-27-11-8-7-9-12-27)25(4)48-31(41)19-16-26-14-17-28(46-6)18-15-26/h7-9,11-12,14-15,17-18,23-25,29-30,32,40H,10,13,16,19-22H2,1-6H3,(H,37,42)/t24?,25?,29-,30+,32-/m0/s1. The van der Waals surface area contributed by atoms with Gasteiger partial charge in [0, 0.05) is 20.0 Å². The summed E-state index contributed by atoms with van der Waals surface area (Å²) in [5.74, 6) is -2.32. The normalized spacial score (nSPS) is 16.8. The molecule has 1 heterocycles. The van der Waals surface area contributed by atoms with Gasteiger partial charge in [0.05, 0.1) is 7.11 Å². The first-order chi connectivity index (χ1) is 22.8. The van der Waals surface area contributed by atoms with Gasteiger partial charge >= 0.3 is 11.9 Å². The van der Waals surface area contributed by atoms with Gasteiger partial charge in [0.15, 0.2) is 6.04 Å². The van der Waals surface area contributed by atoms with Gasteiger partial charge in [-0.25, -0.2) is 4.79 Å². The predicted molar refractivity (Wildman–Crippen MR) is 177 cm³/mol. The van der Waals surface area contributed by atoms with Crippen LogP contribution < -0.4 is 10.1 Å². The van der Waals surface area contributed by atoms with Gasteiger partial charge in [-0.3, -0.25) is 19.2 Å². The lowest BCUT2D eigenvalue weighted by Crippen LogP contribution is -2.58. The molecular formula is C36H49N3O9. The fourth-order valence-electron chi connectivity index (χ4n) is 5.61. The molecule has 2 N–H and O–H groups in total. The highest BCUT2D eigenvalue weighted by molar-refractivity contribution is 5.94. The first-order valence-corrected chi connectivity index (χ1v) is 16.4. The molecule has 1 aliphatic rings. The van der Waals surface area contributed by atoms with Crippen molar-refractivity contribution in [3.8, 4) is 5.75 Å². The minimum Gasteiger partial charge on any atom is -0.497 e. The van der Waals surface area contributed by atoms with Crippen molar-refractivity contribution in [2.24, 2.45) is 5.92 Å². The number of carbonyl (C=O) groups is 5. The number of hydrogen-bond acceptors (Lipinski definition) is 9. The van der Waals surface area contributed by atoms with Gasteiger partial charge in [0.25, 0.3) is 5.91 Å². The zero-order valence-corrected chi connectivity index (χ0v) is 28.7. The first-order valence-electron chi connectivity index (χ1n) is 16.4. The molecule has 12 nitrogen and oxygen atoms in total. The molecule has 3 amide bonds. The van der Waals surface area contributed by atoms with Crippen LogP contribution in [0.5, 0.6) is 5.75 Å². The van der Waals surface area contributed by atoms with Crippen LogP contribution in [-0.2, 0) is 46.5 Å². The summed E-state index contributed by atoms with van der Waals surface area (Å²) in [5.41, 5.74) is 1.63. The van der Waals surface area contributed by atoms with Gasteiger partial charge in [0.2, 0.25) is 11.8 Å². The number of likely N-dealkylation sites (tertiary alicyclic amines) is 1. The van der Waals surface area contributed by atoms with Crippen LogP contribution >= 0.6 is 0 Å². The Balaban J connectivity index is 1.77. The number of aryl methyl sites for hydroxylation is 1. The number of amides is 3. The molecule has 2 unspecified atom stereocenters. The van der Waals surface area contributed by atoms with Gasteiger partial charge in [-0.15, -0.1) is 0 Å². The number of esters is 2. The molecule has 3 rings (SSSR count). The van der Waals surface area contributed by atoms with E-state index in [4.69, 9.17) is 14.2 Å². The van der Waals surface area contributed by atoms with Crippen LogP contribution in [0.3, 0.4) is 0 Å². The Labute approximate surface area is 282 Å². The lowest BCUT2D eigenvalue weighted by Gasteiger charge is -2.34. The third-order valence-corrected chi connectivity index (χ3v) is 8.33. The zero-order chi connectivity index (χ0) is 35.4. The number of benzene rings is 2. The fourth-order valence-corrected chi connectivity index (χ4v) is 5.61. The number of methoxy groups -OCH3 is 1. The van der Waals surface area contributed by atoms with Crippen LogP contribution in [0, 0.1) is 5.92 Å². The number of ether oxygens (including phenoxy) is 3. The second-order valence-corrected chi connectivity index (χ2v) is 12.6. The summed E-state index contributed by atoms with van der Waals surface area (Å²) in [7, 11) is 3.06. The van der Waals surface area contributed by atoms with E-state index in [2.05, 4.69) is 5.32 Å². The Hall–Kier alpha value is -4.45. The third kappa shape index (κ3) is 10.8. The monoisotopic (exact) mass is 667 g/mol. The van der Waals surface area contributed by atoms with Crippen molar-refractivity contribution in [1.29, 1.82) is 0 Å². The van der Waals surface area contributed by atoms with E-state index < -0.39 is 60.0 Å². The summed E-state index contributed by atoms with van der Waals surface area (Å²) in [6.45, 7) is 6.92. The Kier molecular flexibility index (Phi) is 14.4. The SMILES string of the molecule is COc1ccc(CCC(=O)OC(C)[C@H](NC(=O)[C@@H](CC(C)C)N(C)C(=O)[C@@H]2CCCN2C(=O)C(C)O)C(=O)OCc2ccccc2)cc1. The van der Waals surface area contributed by atoms with Crippen molar-refractivity contribution in [1.82, 2.24) is 15.1 Å². The third-order valence-electron chi connectivity index (χ3n) is 8.33. The quantitative estimate of drug-likeness (QED) is 0.258. The van der Waals surface area contributed by atoms with E-state index in [1.165, 1.54) is 30.7 Å². The molecule has 1 saturated heterocycles. The highest BCUT2D eigenvalue weighted by Gasteiger charge is 2.41. The van der Waals surface area contributed by atoms with E-state index in [1.807, 2.05) is 32.0 Å². The Morgan fingerprint density at radius 1 is 0.979 bits per heavy atom. The van der Waals surface area contributed by atoms with Crippen LogP contribution in [0.4, 0.5) is 0 Å². The minimum absolute atomic E-state index is 0.0218. The maximum atomic E-state index is 13.9. The highest BCUT2D eigenvalue weighted by Crippen LogP contribution is 2.23. The second kappa shape index (κ2) is 18.2. The largest absolute Gasteiger partial charge is 0.497 e. The van der Waals surface area contributed by atoms with Crippen molar-refractivity contribution in [3.05, 3.63) is 65.7 Å². The summed E-state index contributed by atoms with van der Waals surface area (Å²) in [6.07, 6.45) is -0.698. The van der Waals surface area contributed by atoms with E-state index in [1.54, 1.807) is 43.5 Å². The van der Waals surface area contributed by atoms with Crippen molar-refractivity contribution in [2.45, 2.75) is 96.7 Å². The van der Waals surface area contributed by atoms with Gasteiger partial charge in [0.1, 0.15) is 36.6 Å². The molecule has 0 bridgehead atoms. The van der Waals surface area contributed by atoms with Gasteiger partial charge < -0.3 is 34.4 Å². The number of aliphatic hydroxyl groups is 1. The van der Waals surface area contributed by atoms with Gasteiger partial charge in [-0.05, 0) is 68.7 Å². The maximum absolute atomic E-state index is 13.9. The number of likely N-dealkylation sites (N-methyl/N-ethyl adjacent to an activating group) is 1. The number of carbonyl (C=O) groups excluding carboxylic acids is 5. The number of nitrogens with zero attached hydrogens (tertiary/aromatic N) is 2. The molecule has 2 aromatic rings. The summed E-state index contributed by atoms with van der Waals surface area (Å²) < 4.78 is 16.4. The molecule has 1 fully saturated rings. The Morgan fingerprint density at radius 3 is 2.25 bits per heavy atom. The summed E-state index contributed by atoms with van der Waals surface area (Å²) >= 11 is 0. The van der Waals surface area contributed by atoms with Crippen LogP contribution in [0.1, 0.15) is 64.5 Å². The minimum atomic E-state index is -1.37. The van der Waals surface area contributed by atoms with Crippen LogP contribution in [-0.4, -0.2) is 95.6 Å². The molecule has 262 valence electrons. The van der Waals surface area contributed by atoms with Crippen molar-refractivity contribution in [3.63, 3.8) is 0 Å². The fraction of sp³-hybridized carbons (Fsp3) is 0.528. The molecule has 1 aliphatic heterocycles. The molecule has 0 spiro atoms. The van der Waals surface area contributed by atoms with Gasteiger partial charge in [-0.1, -0.05) is 56.3 Å². The van der Waals surface area contributed by atoms with Crippen molar-refractivity contribution >= 4 is 29.7 Å². The summed E-state index contributed by atoms with van der Waals surface area (Å²) in [5, 5.41) is 12.6. The lowest BCUT2D eigenvalue weighted by atomic mass is 10.00. The zero-order valence-electron chi connectivity index (χ0n) is 28.7. The molecule has 5 atom stereocenters. The molecule has 0 saturated carbocycles. The number of hydrogen-bond donors (Lipinski definition) is 2. The smallest absolute Gasteiger partial charge is 0.332 e. The molecule has 0 aliphatic carbocycles. The molecule has 2 aromatic carbocycles. The molecule has 0 aromatic heterocycles. The molecule has 12 heteroatoms. The van der Waals surface area contributed by atoms with Gasteiger partial charge in [-0.2, -0.15) is 0 Å². The van der Waals surface area contributed by atoms with E-state index in [0.29, 0.717) is 31.6 Å². The molecule has 0 radical (unpaired) electrons. The topological polar surface area (TPSA) is 152 Å². The summed E-state index contributed by atoms with van der Waals surface area (Å²) in [4.78, 5) is 69.2. The number of rotatable bonds is 16. The highest BCUT2D eigenvalue weighted by atomic mass is 16.6. The van der Waals surface area contributed by atoms with Crippen LogP contribution in [0.2, 0.25) is 0 Å². The summed E-state index contributed by atoms with van der Waals surface area (Å²) in [6, 6.07) is 13.1. The number of nitrogens with one attached hydrogen (secondary N) is 1. The maximum Gasteiger partial charge on any atom is 0.332 e. The lowest BCUT2D eigenvalue weighted by molar-refractivity contribution is -0.160. The Morgan fingerprint density at radius 2 is 1.65 bits per heavy atom.